The summed E-state index contributed by atoms with van der Waals surface area (Å²) in [7, 11) is 1.99. The molecule has 2 aliphatic heterocycles. The van der Waals surface area contributed by atoms with E-state index in [2.05, 4.69) is 40.7 Å². The number of amides is 2. The number of carbonyl (C=O) groups is 2. The highest BCUT2D eigenvalue weighted by Gasteiger charge is 2.38. The molecule has 5 rings (SSSR count). The van der Waals surface area contributed by atoms with Gasteiger partial charge in [0.1, 0.15) is 0 Å². The number of rotatable bonds is 9. The lowest BCUT2D eigenvalue weighted by Crippen LogP contribution is -2.50. The molecule has 0 bridgehead atoms. The summed E-state index contributed by atoms with van der Waals surface area (Å²) in [5.41, 5.74) is -1.42. The molecule has 4 heterocycles. The number of hydrogen-bond donors (Lipinski definition) is 2. The third-order valence-electron chi connectivity index (χ3n) is 7.83. The van der Waals surface area contributed by atoms with Crippen LogP contribution >= 0.6 is 0 Å². The van der Waals surface area contributed by atoms with Crippen LogP contribution in [0, 0.1) is 6.08 Å². The quantitative estimate of drug-likeness (QED) is 0.205. The molecule has 0 aliphatic carbocycles. The fourth-order valence-corrected chi connectivity index (χ4v) is 5.16. The van der Waals surface area contributed by atoms with Crippen molar-refractivity contribution in [2.75, 3.05) is 76.3 Å². The summed E-state index contributed by atoms with van der Waals surface area (Å²) < 4.78 is 61.0. The van der Waals surface area contributed by atoms with Gasteiger partial charge in [0, 0.05) is 51.5 Å². The van der Waals surface area contributed by atoms with Crippen molar-refractivity contribution in [2.24, 2.45) is 0 Å². The van der Waals surface area contributed by atoms with E-state index in [-0.39, 0.29) is 17.4 Å². The van der Waals surface area contributed by atoms with Crippen LogP contribution in [0.25, 0.3) is 5.69 Å². The van der Waals surface area contributed by atoms with E-state index in [9.17, 15) is 27.2 Å². The lowest BCUT2D eigenvalue weighted by Gasteiger charge is -2.39. The van der Waals surface area contributed by atoms with Crippen LogP contribution in [-0.4, -0.2) is 119 Å². The Morgan fingerprint density at radius 3 is 2.62 bits per heavy atom. The Hall–Kier alpha value is -4.22. The first kappa shape index (κ1) is 32.2. The van der Waals surface area contributed by atoms with Crippen molar-refractivity contribution in [3.8, 4) is 5.69 Å². The molecule has 3 aromatic rings. The molecule has 2 N–H and O–H groups in total. The molecule has 2 fully saturated rings. The zero-order valence-electron chi connectivity index (χ0n) is 24.8. The number of anilines is 2. The van der Waals surface area contributed by atoms with Crippen LogP contribution in [0.1, 0.15) is 39.9 Å². The molecule has 13 nitrogen and oxygen atoms in total. The molecule has 1 aromatic carbocycles. The third kappa shape index (κ3) is 7.90. The molecule has 2 amide bonds. The Labute approximate surface area is 256 Å². The number of carbonyl (C=O) groups excluding carboxylic acids is 2. The summed E-state index contributed by atoms with van der Waals surface area (Å²) in [5, 5.41) is 13.4. The second kappa shape index (κ2) is 13.8. The van der Waals surface area contributed by atoms with Gasteiger partial charge < -0.3 is 25.2 Å². The minimum atomic E-state index is -5.09. The second-order valence-corrected chi connectivity index (χ2v) is 10.9. The Bertz CT molecular complexity index is 1510. The lowest BCUT2D eigenvalue weighted by molar-refractivity contribution is -0.142. The standard InChI is InChI=1S/C28H34F4N10O3/c1-18-16-41(9-8-39(18)2)23-5-4-19(14-21(23)35-25(43)20-15-34-27(29)36-24(20)28(30,31)32)42-17-22(37-38-42)26(44)33-6-3-7-40-10-12-45-13-11-40/h4-5,14-15,17-18H,3,6-13,16H2,1-2H3,(H,33,44)(H,35,43)/t18-/m0/s1. The summed E-state index contributed by atoms with van der Waals surface area (Å²) in [6, 6.07) is 5.10. The van der Waals surface area contributed by atoms with Gasteiger partial charge >= 0.3 is 12.3 Å². The van der Waals surface area contributed by atoms with Crippen molar-refractivity contribution in [2.45, 2.75) is 25.6 Å². The SMILES string of the molecule is C[C@H]1CN(c2ccc(-n3cc(C(=O)NCCCN4CCOCC4)nn3)cc2NC(=O)c2cnc(F)nc2C(F)(F)F)CCN1C. The smallest absolute Gasteiger partial charge is 0.379 e. The molecule has 2 saturated heterocycles. The average molecular weight is 635 g/mol. The number of nitrogens with one attached hydrogen (secondary N) is 2. The average Bonchev–Trinajstić information content (AvgIpc) is 3.51. The summed E-state index contributed by atoms with van der Waals surface area (Å²) >= 11 is 0. The van der Waals surface area contributed by atoms with E-state index in [1.54, 1.807) is 12.1 Å². The van der Waals surface area contributed by atoms with Crippen molar-refractivity contribution >= 4 is 23.2 Å². The molecule has 0 spiro atoms. The lowest BCUT2D eigenvalue weighted by atomic mass is 10.1. The van der Waals surface area contributed by atoms with Gasteiger partial charge in [-0.1, -0.05) is 5.21 Å². The number of benzene rings is 1. The van der Waals surface area contributed by atoms with Crippen molar-refractivity contribution in [3.05, 3.63) is 53.6 Å². The van der Waals surface area contributed by atoms with Crippen LogP contribution in [-0.2, 0) is 10.9 Å². The summed E-state index contributed by atoms with van der Waals surface area (Å²) in [6.45, 7) is 8.33. The molecule has 0 radical (unpaired) electrons. The topological polar surface area (TPSA) is 134 Å². The van der Waals surface area contributed by atoms with Crippen molar-refractivity contribution < 1.29 is 31.9 Å². The first-order valence-electron chi connectivity index (χ1n) is 14.5. The van der Waals surface area contributed by atoms with Crippen molar-refractivity contribution in [3.63, 3.8) is 0 Å². The van der Waals surface area contributed by atoms with Gasteiger partial charge in [-0.3, -0.25) is 14.5 Å². The molecule has 17 heteroatoms. The number of halogens is 4. The number of morpholine rings is 1. The van der Waals surface area contributed by atoms with Gasteiger partial charge in [-0.15, -0.1) is 5.10 Å². The van der Waals surface area contributed by atoms with Gasteiger partial charge in [0.15, 0.2) is 11.4 Å². The maximum absolute atomic E-state index is 13.6. The zero-order chi connectivity index (χ0) is 32.1. The molecular formula is C28H34F4N10O3. The Morgan fingerprint density at radius 1 is 1.11 bits per heavy atom. The van der Waals surface area contributed by atoms with Crippen LogP contribution in [0.4, 0.5) is 28.9 Å². The van der Waals surface area contributed by atoms with Crippen LogP contribution in [0.5, 0.6) is 0 Å². The Balaban J connectivity index is 1.35. The normalized spacial score (nSPS) is 18.2. The molecule has 1 atom stereocenters. The van der Waals surface area contributed by atoms with Crippen LogP contribution in [0.15, 0.2) is 30.6 Å². The van der Waals surface area contributed by atoms with E-state index >= 15 is 0 Å². The summed E-state index contributed by atoms with van der Waals surface area (Å²) in [4.78, 5) is 38.3. The van der Waals surface area contributed by atoms with Crippen LogP contribution < -0.4 is 15.5 Å². The number of piperazine rings is 1. The number of ether oxygens (including phenoxy) is 1. The predicted molar refractivity (Wildman–Crippen MR) is 155 cm³/mol. The van der Waals surface area contributed by atoms with Crippen LogP contribution in [0.2, 0.25) is 0 Å². The van der Waals surface area contributed by atoms with E-state index < -0.39 is 35.3 Å². The zero-order valence-corrected chi connectivity index (χ0v) is 24.8. The predicted octanol–water partition coefficient (Wildman–Crippen LogP) is 2.06. The van der Waals surface area contributed by atoms with Crippen molar-refractivity contribution in [1.82, 2.24) is 40.1 Å². The highest BCUT2D eigenvalue weighted by molar-refractivity contribution is 6.06. The fraction of sp³-hybridized carbons (Fsp3) is 0.500. The maximum atomic E-state index is 13.6. The number of aromatic nitrogens is 5. The summed E-state index contributed by atoms with van der Waals surface area (Å²) in [6.07, 6.45) is -4.01. The van der Waals surface area contributed by atoms with E-state index in [4.69, 9.17) is 4.74 Å². The summed E-state index contributed by atoms with van der Waals surface area (Å²) in [5.74, 6) is -1.57. The highest BCUT2D eigenvalue weighted by Crippen LogP contribution is 2.33. The van der Waals surface area contributed by atoms with Gasteiger partial charge in [0.2, 0.25) is 0 Å². The fourth-order valence-electron chi connectivity index (χ4n) is 5.16. The van der Waals surface area contributed by atoms with E-state index in [0.29, 0.717) is 57.0 Å². The molecular weight excluding hydrogens is 600 g/mol. The van der Waals surface area contributed by atoms with E-state index in [0.717, 1.165) is 26.1 Å². The number of likely N-dealkylation sites (N-methyl/N-ethyl adjacent to an activating group) is 1. The highest BCUT2D eigenvalue weighted by atomic mass is 19.4. The van der Waals surface area contributed by atoms with Gasteiger partial charge in [-0.25, -0.2) is 9.67 Å². The number of nitrogens with zero attached hydrogens (tertiary/aromatic N) is 8. The number of hydrogen-bond acceptors (Lipinski definition) is 10. The monoisotopic (exact) mass is 634 g/mol. The van der Waals surface area contributed by atoms with E-state index in [1.165, 1.54) is 16.9 Å². The first-order chi connectivity index (χ1) is 21.5. The minimum Gasteiger partial charge on any atom is -0.379 e. The Kier molecular flexibility index (Phi) is 9.89. The molecule has 0 unspecified atom stereocenters. The molecule has 2 aliphatic rings. The van der Waals surface area contributed by atoms with Gasteiger partial charge in [0.05, 0.1) is 42.0 Å². The molecule has 2 aromatic heterocycles. The van der Waals surface area contributed by atoms with Gasteiger partial charge in [0.25, 0.3) is 11.8 Å². The number of alkyl halides is 3. The third-order valence-corrected chi connectivity index (χ3v) is 7.83. The van der Waals surface area contributed by atoms with Gasteiger partial charge in [-0.05, 0) is 45.1 Å². The van der Waals surface area contributed by atoms with Gasteiger partial charge in [-0.2, -0.15) is 22.5 Å². The van der Waals surface area contributed by atoms with Crippen molar-refractivity contribution in [1.29, 1.82) is 0 Å². The molecule has 45 heavy (non-hydrogen) atoms. The molecule has 0 saturated carbocycles. The first-order valence-corrected chi connectivity index (χ1v) is 14.5. The Morgan fingerprint density at radius 2 is 1.89 bits per heavy atom. The maximum Gasteiger partial charge on any atom is 0.434 e. The van der Waals surface area contributed by atoms with E-state index in [1.807, 2.05) is 18.9 Å². The largest absolute Gasteiger partial charge is 0.434 e. The molecule has 242 valence electrons. The van der Waals surface area contributed by atoms with Crippen LogP contribution in [0.3, 0.4) is 0 Å². The minimum absolute atomic E-state index is 0.0715. The second-order valence-electron chi connectivity index (χ2n) is 10.9.